The lowest BCUT2D eigenvalue weighted by Gasteiger charge is -2.29. The summed E-state index contributed by atoms with van der Waals surface area (Å²) in [6, 6.07) is 7.21. The van der Waals surface area contributed by atoms with Gasteiger partial charge in [-0.1, -0.05) is 18.9 Å². The number of aromatic nitrogens is 3. The van der Waals surface area contributed by atoms with Gasteiger partial charge < -0.3 is 26.8 Å². The van der Waals surface area contributed by atoms with E-state index in [1.165, 1.54) is 0 Å². The summed E-state index contributed by atoms with van der Waals surface area (Å²) in [7, 11) is 0. The molecule has 0 saturated heterocycles. The molecule has 3 rings (SSSR count). The van der Waals surface area contributed by atoms with Crippen LogP contribution in [0.1, 0.15) is 43.1 Å². The normalized spacial score (nSPS) is 19.3. The van der Waals surface area contributed by atoms with Gasteiger partial charge in [0.2, 0.25) is 5.88 Å². The molecule has 1 fully saturated rings. The number of nitrogens with two attached hydrogens (primary N) is 2. The van der Waals surface area contributed by atoms with E-state index >= 15 is 0 Å². The first kappa shape index (κ1) is 18.8. The average Bonchev–Trinajstić information content (AvgIpc) is 2.64. The van der Waals surface area contributed by atoms with E-state index in [4.69, 9.17) is 16.2 Å². The number of pyridine rings is 1. The molecule has 0 radical (unpaired) electrons. The molecule has 2 atom stereocenters. The zero-order valence-corrected chi connectivity index (χ0v) is 15.3. The highest BCUT2D eigenvalue weighted by atomic mass is 16.5. The summed E-state index contributed by atoms with van der Waals surface area (Å²) in [5.74, 6) is 0.853. The molecular formula is C18H25N7O2. The Balaban J connectivity index is 1.83. The van der Waals surface area contributed by atoms with Crippen molar-refractivity contribution in [3.8, 4) is 5.88 Å². The molecule has 2 aromatic heterocycles. The Bertz CT molecular complexity index is 799. The fourth-order valence-corrected chi connectivity index (χ4v) is 3.12. The lowest BCUT2D eigenvalue weighted by atomic mass is 9.91. The third-order valence-corrected chi connectivity index (χ3v) is 4.46. The molecule has 1 aliphatic rings. The van der Waals surface area contributed by atoms with E-state index in [1.807, 2.05) is 6.92 Å². The largest absolute Gasteiger partial charge is 0.478 e. The van der Waals surface area contributed by atoms with Gasteiger partial charge in [-0.2, -0.15) is 4.98 Å². The SMILES string of the molecule is CCOc1cccc(Nc2cc(NC3CCCCC3N)nnc2C(N)=O)n1. The van der Waals surface area contributed by atoms with Gasteiger partial charge in [-0.3, -0.25) is 4.79 Å². The Morgan fingerprint density at radius 1 is 1.26 bits per heavy atom. The fourth-order valence-electron chi connectivity index (χ4n) is 3.12. The standard InChI is InChI=1S/C18H25N7O2/c1-2-27-16-9-5-8-14(23-16)22-13-10-15(24-25-17(13)18(20)26)21-12-7-4-3-6-11(12)19/h5,8-12H,2-4,6-7,19H2,1H3,(H2,20,26)(H2,21,22,23,24). The van der Waals surface area contributed by atoms with Crippen LogP contribution in [0.2, 0.25) is 0 Å². The summed E-state index contributed by atoms with van der Waals surface area (Å²) < 4.78 is 5.40. The van der Waals surface area contributed by atoms with Gasteiger partial charge in [-0.15, -0.1) is 10.2 Å². The van der Waals surface area contributed by atoms with Crippen LogP contribution in [0.3, 0.4) is 0 Å². The first-order chi connectivity index (χ1) is 13.1. The number of rotatable bonds is 7. The fraction of sp³-hybridized carbons (Fsp3) is 0.444. The molecule has 6 N–H and O–H groups in total. The third-order valence-electron chi connectivity index (χ3n) is 4.46. The molecule has 0 bridgehead atoms. The van der Waals surface area contributed by atoms with Crippen LogP contribution in [0.25, 0.3) is 0 Å². The Morgan fingerprint density at radius 2 is 2.07 bits per heavy atom. The van der Waals surface area contributed by atoms with Crippen molar-refractivity contribution in [1.29, 1.82) is 0 Å². The molecule has 1 amide bonds. The van der Waals surface area contributed by atoms with E-state index in [2.05, 4.69) is 25.8 Å². The summed E-state index contributed by atoms with van der Waals surface area (Å²) >= 11 is 0. The first-order valence-corrected chi connectivity index (χ1v) is 9.13. The highest BCUT2D eigenvalue weighted by molar-refractivity contribution is 5.97. The Labute approximate surface area is 157 Å². The van der Waals surface area contributed by atoms with E-state index in [9.17, 15) is 4.79 Å². The molecule has 0 spiro atoms. The van der Waals surface area contributed by atoms with Crippen LogP contribution in [0, 0.1) is 0 Å². The monoisotopic (exact) mass is 371 g/mol. The molecule has 2 aromatic rings. The van der Waals surface area contributed by atoms with Crippen molar-refractivity contribution < 1.29 is 9.53 Å². The van der Waals surface area contributed by atoms with Gasteiger partial charge in [0.1, 0.15) is 5.82 Å². The van der Waals surface area contributed by atoms with E-state index in [0.29, 0.717) is 29.8 Å². The maximum Gasteiger partial charge on any atom is 0.271 e. The lowest BCUT2D eigenvalue weighted by molar-refractivity contribution is 0.0995. The molecule has 2 unspecified atom stereocenters. The van der Waals surface area contributed by atoms with Crippen molar-refractivity contribution >= 4 is 23.2 Å². The van der Waals surface area contributed by atoms with E-state index in [1.54, 1.807) is 24.3 Å². The molecule has 9 nitrogen and oxygen atoms in total. The molecule has 27 heavy (non-hydrogen) atoms. The Hall–Kier alpha value is -2.94. The molecule has 2 heterocycles. The van der Waals surface area contributed by atoms with Crippen molar-refractivity contribution in [3.63, 3.8) is 0 Å². The van der Waals surface area contributed by atoms with Gasteiger partial charge in [0.25, 0.3) is 5.91 Å². The minimum atomic E-state index is -0.674. The van der Waals surface area contributed by atoms with Crippen molar-refractivity contribution in [2.75, 3.05) is 17.2 Å². The second-order valence-electron chi connectivity index (χ2n) is 6.47. The van der Waals surface area contributed by atoms with Crippen LogP contribution in [0.5, 0.6) is 5.88 Å². The van der Waals surface area contributed by atoms with Crippen LogP contribution in [0.15, 0.2) is 24.3 Å². The van der Waals surface area contributed by atoms with Crippen LogP contribution >= 0.6 is 0 Å². The second kappa shape index (κ2) is 8.63. The number of primary amides is 1. The quantitative estimate of drug-likeness (QED) is 0.577. The third kappa shape index (κ3) is 4.82. The molecule has 0 aliphatic heterocycles. The van der Waals surface area contributed by atoms with Crippen LogP contribution < -0.4 is 26.8 Å². The number of hydrogen-bond acceptors (Lipinski definition) is 8. The van der Waals surface area contributed by atoms with Gasteiger partial charge in [-0.25, -0.2) is 0 Å². The van der Waals surface area contributed by atoms with Crippen LogP contribution in [0.4, 0.5) is 17.3 Å². The summed E-state index contributed by atoms with van der Waals surface area (Å²) in [4.78, 5) is 16.1. The van der Waals surface area contributed by atoms with Crippen molar-refractivity contribution in [1.82, 2.24) is 15.2 Å². The van der Waals surface area contributed by atoms with Gasteiger partial charge in [0.05, 0.1) is 12.3 Å². The van der Waals surface area contributed by atoms with Crippen molar-refractivity contribution in [2.45, 2.75) is 44.7 Å². The number of nitrogens with one attached hydrogen (secondary N) is 2. The van der Waals surface area contributed by atoms with Gasteiger partial charge in [-0.05, 0) is 25.8 Å². The van der Waals surface area contributed by atoms with Crippen LogP contribution in [-0.2, 0) is 0 Å². The van der Waals surface area contributed by atoms with Gasteiger partial charge in [0, 0.05) is 24.2 Å². The van der Waals surface area contributed by atoms with Crippen LogP contribution in [-0.4, -0.2) is 39.8 Å². The molecule has 9 heteroatoms. The van der Waals surface area contributed by atoms with Gasteiger partial charge >= 0.3 is 0 Å². The highest BCUT2D eigenvalue weighted by Gasteiger charge is 2.23. The predicted molar refractivity (Wildman–Crippen MR) is 103 cm³/mol. The number of nitrogens with zero attached hydrogens (tertiary/aromatic N) is 3. The number of carbonyl (C=O) groups is 1. The molecular weight excluding hydrogens is 346 g/mol. The van der Waals surface area contributed by atoms with E-state index in [0.717, 1.165) is 25.7 Å². The summed E-state index contributed by atoms with van der Waals surface area (Å²) in [6.45, 7) is 2.39. The average molecular weight is 371 g/mol. The Kier molecular flexibility index (Phi) is 6.02. The minimum Gasteiger partial charge on any atom is -0.478 e. The maximum absolute atomic E-state index is 11.7. The highest BCUT2D eigenvalue weighted by Crippen LogP contribution is 2.24. The Morgan fingerprint density at radius 3 is 2.81 bits per heavy atom. The smallest absolute Gasteiger partial charge is 0.271 e. The number of amides is 1. The number of ether oxygens (including phenoxy) is 1. The molecule has 1 aliphatic carbocycles. The zero-order chi connectivity index (χ0) is 19.2. The number of anilines is 3. The number of carbonyl (C=O) groups excluding carboxylic acids is 1. The van der Waals surface area contributed by atoms with Gasteiger partial charge in [0.15, 0.2) is 11.5 Å². The van der Waals surface area contributed by atoms with E-state index < -0.39 is 5.91 Å². The molecule has 144 valence electrons. The van der Waals surface area contributed by atoms with E-state index in [-0.39, 0.29) is 17.8 Å². The topological polar surface area (TPSA) is 141 Å². The minimum absolute atomic E-state index is 0.0390. The van der Waals surface area contributed by atoms with Crippen molar-refractivity contribution in [3.05, 3.63) is 30.0 Å². The lowest BCUT2D eigenvalue weighted by Crippen LogP contribution is -2.42. The zero-order valence-electron chi connectivity index (χ0n) is 15.3. The first-order valence-electron chi connectivity index (χ1n) is 9.13. The second-order valence-corrected chi connectivity index (χ2v) is 6.47. The predicted octanol–water partition coefficient (Wildman–Crippen LogP) is 1.79. The molecule has 0 aromatic carbocycles. The maximum atomic E-state index is 11.7. The molecule has 1 saturated carbocycles. The summed E-state index contributed by atoms with van der Waals surface area (Å²) in [6.07, 6.45) is 4.21. The van der Waals surface area contributed by atoms with Crippen molar-refractivity contribution in [2.24, 2.45) is 11.5 Å². The summed E-state index contributed by atoms with van der Waals surface area (Å²) in [5.41, 5.74) is 12.1. The number of hydrogen-bond donors (Lipinski definition) is 4. The summed E-state index contributed by atoms with van der Waals surface area (Å²) in [5, 5.41) is 14.4.